The van der Waals surface area contributed by atoms with Gasteiger partial charge in [-0.15, -0.1) is 0 Å². The van der Waals surface area contributed by atoms with E-state index in [1.54, 1.807) is 18.2 Å². The Kier molecular flexibility index (Phi) is 3.05. The van der Waals surface area contributed by atoms with Crippen LogP contribution in [0, 0.1) is 3.57 Å². The molecule has 0 heterocycles. The van der Waals surface area contributed by atoms with Crippen molar-refractivity contribution in [3.63, 3.8) is 0 Å². The molecule has 0 unspecified atom stereocenters. The Morgan fingerprint density at radius 2 is 2.17 bits per heavy atom. The van der Waals surface area contributed by atoms with Crippen molar-refractivity contribution in [2.45, 2.75) is 6.61 Å². The number of carboxylic acid groups (broad SMARTS) is 1. The lowest BCUT2D eigenvalue weighted by Crippen LogP contribution is -2.04. The Balaban J connectivity index is 3.29. The van der Waals surface area contributed by atoms with Gasteiger partial charge in [0.1, 0.15) is 0 Å². The summed E-state index contributed by atoms with van der Waals surface area (Å²) >= 11 is 1.93. The first kappa shape index (κ1) is 9.47. The van der Waals surface area contributed by atoms with E-state index in [0.29, 0.717) is 9.13 Å². The average molecular weight is 278 g/mol. The van der Waals surface area contributed by atoms with Crippen LogP contribution in [0.4, 0.5) is 0 Å². The van der Waals surface area contributed by atoms with E-state index < -0.39 is 5.97 Å². The van der Waals surface area contributed by atoms with Gasteiger partial charge in [-0.05, 0) is 34.2 Å². The molecule has 0 amide bonds. The van der Waals surface area contributed by atoms with Crippen LogP contribution in [0.5, 0.6) is 0 Å². The van der Waals surface area contributed by atoms with Crippen LogP contribution in [-0.4, -0.2) is 16.2 Å². The van der Waals surface area contributed by atoms with E-state index in [-0.39, 0.29) is 12.2 Å². The van der Waals surface area contributed by atoms with E-state index in [1.807, 2.05) is 22.6 Å². The largest absolute Gasteiger partial charge is 0.478 e. The number of carboxylic acids is 1. The first-order valence-electron chi connectivity index (χ1n) is 3.28. The fourth-order valence-corrected chi connectivity index (χ4v) is 1.72. The third-order valence-electron chi connectivity index (χ3n) is 1.48. The molecule has 0 saturated heterocycles. The Morgan fingerprint density at radius 3 is 2.58 bits per heavy atom. The minimum atomic E-state index is -0.996. The molecular formula is C8H7IO3. The number of hydrogen-bond donors (Lipinski definition) is 2. The van der Waals surface area contributed by atoms with Crippen LogP contribution in [0.25, 0.3) is 0 Å². The maximum Gasteiger partial charge on any atom is 0.337 e. The second kappa shape index (κ2) is 3.86. The number of aliphatic hydroxyl groups is 1. The summed E-state index contributed by atoms with van der Waals surface area (Å²) in [4.78, 5) is 10.7. The maximum atomic E-state index is 10.7. The van der Waals surface area contributed by atoms with Crippen LogP contribution in [-0.2, 0) is 6.61 Å². The van der Waals surface area contributed by atoms with Gasteiger partial charge in [0.25, 0.3) is 0 Å². The molecule has 0 radical (unpaired) electrons. The predicted octanol–water partition coefficient (Wildman–Crippen LogP) is 1.48. The van der Waals surface area contributed by atoms with Crippen molar-refractivity contribution in [3.05, 3.63) is 32.9 Å². The molecule has 0 spiro atoms. The molecule has 64 valence electrons. The molecule has 1 aromatic rings. The summed E-state index contributed by atoms with van der Waals surface area (Å²) in [6, 6.07) is 5.02. The Labute approximate surface area is 83.2 Å². The molecule has 0 fully saturated rings. The smallest absolute Gasteiger partial charge is 0.337 e. The monoisotopic (exact) mass is 278 g/mol. The topological polar surface area (TPSA) is 57.5 Å². The van der Waals surface area contributed by atoms with Gasteiger partial charge in [0.05, 0.1) is 12.2 Å². The summed E-state index contributed by atoms with van der Waals surface area (Å²) in [5.41, 5.74) is 0.648. The quantitative estimate of drug-likeness (QED) is 0.806. The number of hydrogen-bond acceptors (Lipinski definition) is 2. The number of benzene rings is 1. The van der Waals surface area contributed by atoms with E-state index in [9.17, 15) is 4.79 Å². The summed E-state index contributed by atoms with van der Waals surface area (Å²) in [6.45, 7) is -0.238. The van der Waals surface area contributed by atoms with Crippen molar-refractivity contribution >= 4 is 28.6 Å². The Hall–Kier alpha value is -0.620. The number of halogens is 1. The highest BCUT2D eigenvalue weighted by molar-refractivity contribution is 14.1. The van der Waals surface area contributed by atoms with Crippen molar-refractivity contribution < 1.29 is 15.0 Å². The summed E-state index contributed by atoms with van der Waals surface area (Å²) in [7, 11) is 0. The van der Waals surface area contributed by atoms with Crippen molar-refractivity contribution in [2.24, 2.45) is 0 Å². The van der Waals surface area contributed by atoms with Crippen LogP contribution < -0.4 is 0 Å². The number of carbonyl (C=O) groups is 1. The highest BCUT2D eigenvalue weighted by Gasteiger charge is 2.12. The van der Waals surface area contributed by atoms with E-state index in [1.165, 1.54) is 0 Å². The minimum absolute atomic E-state index is 0.195. The van der Waals surface area contributed by atoms with Gasteiger partial charge in [-0.25, -0.2) is 4.79 Å². The number of aliphatic hydroxyl groups excluding tert-OH is 1. The second-order valence-corrected chi connectivity index (χ2v) is 3.40. The normalized spacial score (nSPS) is 9.83. The van der Waals surface area contributed by atoms with Crippen LogP contribution in [0.2, 0.25) is 0 Å². The van der Waals surface area contributed by atoms with E-state index >= 15 is 0 Å². The fourth-order valence-electron chi connectivity index (χ4n) is 0.940. The zero-order valence-corrected chi connectivity index (χ0v) is 8.28. The molecule has 2 N–H and O–H groups in total. The second-order valence-electron chi connectivity index (χ2n) is 2.24. The first-order chi connectivity index (χ1) is 5.66. The molecule has 1 rings (SSSR count). The fraction of sp³-hybridized carbons (Fsp3) is 0.125. The van der Waals surface area contributed by atoms with E-state index in [4.69, 9.17) is 10.2 Å². The highest BCUT2D eigenvalue weighted by Crippen LogP contribution is 2.16. The molecule has 12 heavy (non-hydrogen) atoms. The first-order valence-corrected chi connectivity index (χ1v) is 4.36. The van der Waals surface area contributed by atoms with Crippen LogP contribution in [0.15, 0.2) is 18.2 Å². The van der Waals surface area contributed by atoms with E-state index in [2.05, 4.69) is 0 Å². The third-order valence-corrected chi connectivity index (χ3v) is 2.38. The van der Waals surface area contributed by atoms with Crippen molar-refractivity contribution in [1.82, 2.24) is 0 Å². The molecule has 3 nitrogen and oxygen atoms in total. The Morgan fingerprint density at radius 1 is 1.50 bits per heavy atom. The molecule has 0 atom stereocenters. The maximum absolute atomic E-state index is 10.7. The molecule has 0 aliphatic heterocycles. The molecule has 0 aliphatic rings. The van der Waals surface area contributed by atoms with Gasteiger partial charge >= 0.3 is 5.97 Å². The number of rotatable bonds is 2. The molecule has 0 aliphatic carbocycles. The number of aromatic carboxylic acids is 1. The molecule has 1 aromatic carbocycles. The van der Waals surface area contributed by atoms with Crippen molar-refractivity contribution in [3.8, 4) is 0 Å². The third kappa shape index (κ3) is 1.75. The molecule has 4 heteroatoms. The van der Waals surface area contributed by atoms with Crippen LogP contribution in [0.1, 0.15) is 15.9 Å². The van der Waals surface area contributed by atoms with Gasteiger partial charge in [-0.3, -0.25) is 0 Å². The van der Waals surface area contributed by atoms with Crippen LogP contribution in [0.3, 0.4) is 0 Å². The van der Waals surface area contributed by atoms with Crippen molar-refractivity contribution in [1.29, 1.82) is 0 Å². The summed E-state index contributed by atoms with van der Waals surface area (Å²) in [5, 5.41) is 17.6. The zero-order chi connectivity index (χ0) is 9.14. The standard InChI is InChI=1S/C8H7IO3/c9-6-3-1-2-5(4-10)7(6)8(11)12/h1-3,10H,4H2,(H,11,12). The van der Waals surface area contributed by atoms with Gasteiger partial charge in [-0.1, -0.05) is 12.1 Å². The SMILES string of the molecule is O=C(O)c1c(I)cccc1CO. The van der Waals surface area contributed by atoms with Gasteiger partial charge < -0.3 is 10.2 Å². The zero-order valence-electron chi connectivity index (χ0n) is 6.12. The molecular weight excluding hydrogens is 271 g/mol. The van der Waals surface area contributed by atoms with Crippen molar-refractivity contribution in [2.75, 3.05) is 0 Å². The van der Waals surface area contributed by atoms with Crippen LogP contribution >= 0.6 is 22.6 Å². The lowest BCUT2D eigenvalue weighted by molar-refractivity contribution is 0.0692. The summed E-state index contributed by atoms with van der Waals surface area (Å²) in [5.74, 6) is -0.996. The molecule has 0 bridgehead atoms. The highest BCUT2D eigenvalue weighted by atomic mass is 127. The molecule has 0 aromatic heterocycles. The minimum Gasteiger partial charge on any atom is -0.478 e. The predicted molar refractivity (Wildman–Crippen MR) is 52.0 cm³/mol. The van der Waals surface area contributed by atoms with E-state index in [0.717, 1.165) is 0 Å². The Bertz CT molecular complexity index is 309. The lowest BCUT2D eigenvalue weighted by Gasteiger charge is -2.03. The molecule has 0 saturated carbocycles. The summed E-state index contributed by atoms with van der Waals surface area (Å²) < 4.78 is 0.645. The van der Waals surface area contributed by atoms with Gasteiger partial charge in [-0.2, -0.15) is 0 Å². The van der Waals surface area contributed by atoms with Gasteiger partial charge in [0, 0.05) is 3.57 Å². The average Bonchev–Trinajstić information content (AvgIpc) is 2.03. The van der Waals surface area contributed by atoms with Gasteiger partial charge in [0.2, 0.25) is 0 Å². The summed E-state index contributed by atoms with van der Waals surface area (Å²) in [6.07, 6.45) is 0. The lowest BCUT2D eigenvalue weighted by atomic mass is 10.1. The van der Waals surface area contributed by atoms with Gasteiger partial charge in [0.15, 0.2) is 0 Å².